The quantitative estimate of drug-likeness (QED) is 0.349. The molecule has 1 unspecified atom stereocenters. The van der Waals surface area contributed by atoms with Crippen molar-refractivity contribution in [2.75, 3.05) is 26.4 Å². The molecule has 0 rings (SSSR count). The molecular formula is C18H47NO3Si4. The van der Waals surface area contributed by atoms with Crippen molar-refractivity contribution >= 4 is 33.3 Å². The van der Waals surface area contributed by atoms with Gasteiger partial charge in [-0.15, -0.1) is 0 Å². The van der Waals surface area contributed by atoms with E-state index in [0.29, 0.717) is 25.0 Å². The predicted molar refractivity (Wildman–Crippen MR) is 126 cm³/mol. The van der Waals surface area contributed by atoms with E-state index in [4.69, 9.17) is 13.3 Å². The minimum Gasteiger partial charge on any atom is -0.374 e. The lowest BCUT2D eigenvalue weighted by Crippen LogP contribution is -2.62. The summed E-state index contributed by atoms with van der Waals surface area (Å²) in [7, 11) is -6.93. The largest absolute Gasteiger partial charge is 0.501 e. The van der Waals surface area contributed by atoms with Crippen LogP contribution in [0.1, 0.15) is 27.2 Å². The van der Waals surface area contributed by atoms with Crippen molar-refractivity contribution in [2.24, 2.45) is 0 Å². The highest BCUT2D eigenvalue weighted by Gasteiger charge is 2.54. The Hall–Kier alpha value is 0.708. The highest BCUT2D eigenvalue weighted by Crippen LogP contribution is 2.38. The van der Waals surface area contributed by atoms with Gasteiger partial charge in [-0.25, -0.2) is 0 Å². The third-order valence-electron chi connectivity index (χ3n) is 4.77. The van der Waals surface area contributed by atoms with E-state index in [1.165, 1.54) is 0 Å². The molecule has 0 bridgehead atoms. The highest BCUT2D eigenvalue weighted by molar-refractivity contribution is 6.91. The Morgan fingerprint density at radius 2 is 1.00 bits per heavy atom. The van der Waals surface area contributed by atoms with Crippen LogP contribution in [-0.4, -0.2) is 63.9 Å². The molecule has 1 atom stereocenters. The molecule has 0 aliphatic rings. The summed E-state index contributed by atoms with van der Waals surface area (Å²) in [5.41, 5.74) is 0. The average molecular weight is 438 g/mol. The summed E-state index contributed by atoms with van der Waals surface area (Å²) in [6, 6.07) is 0. The molecule has 158 valence electrons. The van der Waals surface area contributed by atoms with Crippen LogP contribution in [-0.2, 0) is 13.3 Å². The molecule has 0 aliphatic heterocycles. The number of hydrogen-bond donors (Lipinski definition) is 0. The summed E-state index contributed by atoms with van der Waals surface area (Å²) in [4.78, 5) is 0. The molecule has 0 heterocycles. The molecule has 0 aromatic rings. The van der Waals surface area contributed by atoms with Gasteiger partial charge >= 0.3 is 8.80 Å². The van der Waals surface area contributed by atoms with Gasteiger partial charge in [-0.2, -0.15) is 0 Å². The molecule has 0 N–H and O–H groups in total. The summed E-state index contributed by atoms with van der Waals surface area (Å²) in [6.45, 7) is 31.6. The molecular weight excluding hydrogens is 391 g/mol. The summed E-state index contributed by atoms with van der Waals surface area (Å²) >= 11 is 0. The second kappa shape index (κ2) is 10.5. The number of rotatable bonds is 13. The maximum atomic E-state index is 6.34. The summed E-state index contributed by atoms with van der Waals surface area (Å²) in [5, 5.41) is 0.435. The summed E-state index contributed by atoms with van der Waals surface area (Å²) in [6.07, 6.45) is 1.14. The van der Waals surface area contributed by atoms with Gasteiger partial charge in [0.1, 0.15) is 16.5 Å². The van der Waals surface area contributed by atoms with Crippen LogP contribution in [0.25, 0.3) is 0 Å². The van der Waals surface area contributed by atoms with Crippen LogP contribution in [0.2, 0.25) is 64.1 Å². The fraction of sp³-hybridized carbons (Fsp3) is 1.00. The van der Waals surface area contributed by atoms with E-state index in [0.717, 1.165) is 13.0 Å². The summed E-state index contributed by atoms with van der Waals surface area (Å²) < 4.78 is 21.9. The molecule has 4 nitrogen and oxygen atoms in total. The highest BCUT2D eigenvalue weighted by atomic mass is 28.4. The van der Waals surface area contributed by atoms with Crippen LogP contribution >= 0.6 is 0 Å². The van der Waals surface area contributed by atoms with Gasteiger partial charge in [0.25, 0.3) is 0 Å². The normalized spacial score (nSPS) is 15.6. The van der Waals surface area contributed by atoms with Gasteiger partial charge in [0, 0.05) is 25.0 Å². The minimum absolute atomic E-state index is 0.435. The van der Waals surface area contributed by atoms with Crippen LogP contribution in [0.4, 0.5) is 0 Å². The summed E-state index contributed by atoms with van der Waals surface area (Å²) in [5.74, 6) is 0. The molecule has 0 aromatic heterocycles. The van der Waals surface area contributed by atoms with Gasteiger partial charge in [0.15, 0.2) is 0 Å². The average Bonchev–Trinajstić information content (AvgIpc) is 2.40. The fourth-order valence-electron chi connectivity index (χ4n) is 4.11. The molecule has 0 radical (unpaired) electrons. The smallest absolute Gasteiger partial charge is 0.374 e. The minimum atomic E-state index is -2.68. The third kappa shape index (κ3) is 7.98. The Bertz CT molecular complexity index is 372. The molecule has 0 saturated carbocycles. The van der Waals surface area contributed by atoms with E-state index in [1.54, 1.807) is 0 Å². The van der Waals surface area contributed by atoms with Crippen LogP contribution in [0.15, 0.2) is 0 Å². The van der Waals surface area contributed by atoms with Crippen molar-refractivity contribution in [3.05, 3.63) is 0 Å². The third-order valence-corrected chi connectivity index (χ3v) is 21.7. The lowest BCUT2D eigenvalue weighted by Gasteiger charge is -2.47. The van der Waals surface area contributed by atoms with Gasteiger partial charge in [-0.3, -0.25) is 0 Å². The zero-order valence-electron chi connectivity index (χ0n) is 19.8. The van der Waals surface area contributed by atoms with E-state index in [-0.39, 0.29) is 0 Å². The van der Waals surface area contributed by atoms with E-state index < -0.39 is 33.3 Å². The molecule has 0 spiro atoms. The fourth-order valence-corrected chi connectivity index (χ4v) is 22.3. The number of hydrogen-bond acceptors (Lipinski definition) is 4. The van der Waals surface area contributed by atoms with Crippen molar-refractivity contribution in [1.29, 1.82) is 0 Å². The first kappa shape index (κ1) is 26.7. The van der Waals surface area contributed by atoms with Gasteiger partial charge in [0.05, 0.1) is 8.07 Å². The first-order valence-electron chi connectivity index (χ1n) is 10.3. The molecule has 0 aliphatic carbocycles. The molecule has 8 heteroatoms. The lowest BCUT2D eigenvalue weighted by atomic mass is 10.5. The van der Waals surface area contributed by atoms with Crippen molar-refractivity contribution in [1.82, 2.24) is 4.23 Å². The van der Waals surface area contributed by atoms with Crippen molar-refractivity contribution in [3.63, 3.8) is 0 Å². The Balaban J connectivity index is 5.80. The maximum Gasteiger partial charge on any atom is 0.501 e. The van der Waals surface area contributed by atoms with Gasteiger partial charge < -0.3 is 17.5 Å². The van der Waals surface area contributed by atoms with Crippen LogP contribution in [0.5, 0.6) is 0 Å². The van der Waals surface area contributed by atoms with Crippen molar-refractivity contribution in [2.45, 2.75) is 91.3 Å². The zero-order valence-corrected chi connectivity index (χ0v) is 23.8. The standard InChI is InChI=1S/C18H47NO3Si4/c1-13-20-26(21-14-2,22-15-3)18(23(4,5)6)16-17-19(24(7,8)9)25(10,11)12/h18H,13-17H2,1-12H3. The first-order valence-corrected chi connectivity index (χ1v) is 22.6. The topological polar surface area (TPSA) is 30.9 Å². The van der Waals surface area contributed by atoms with Crippen LogP contribution in [0.3, 0.4) is 0 Å². The van der Waals surface area contributed by atoms with Gasteiger partial charge in [-0.1, -0.05) is 58.9 Å². The number of nitrogens with zero attached hydrogens (tertiary/aromatic N) is 1. The van der Waals surface area contributed by atoms with Crippen molar-refractivity contribution < 1.29 is 13.3 Å². The van der Waals surface area contributed by atoms with E-state index in [9.17, 15) is 0 Å². The van der Waals surface area contributed by atoms with E-state index in [1.807, 2.05) is 0 Å². The zero-order chi connectivity index (χ0) is 20.8. The second-order valence-electron chi connectivity index (χ2n) is 10.1. The second-order valence-corrected chi connectivity index (χ2v) is 29.1. The molecule has 0 saturated heterocycles. The monoisotopic (exact) mass is 437 g/mol. The Morgan fingerprint density at radius 3 is 1.23 bits per heavy atom. The van der Waals surface area contributed by atoms with Crippen molar-refractivity contribution in [3.8, 4) is 0 Å². The van der Waals surface area contributed by atoms with Gasteiger partial charge in [-0.05, 0) is 33.7 Å². The Kier molecular flexibility index (Phi) is 10.8. The Labute approximate surface area is 168 Å². The lowest BCUT2D eigenvalue weighted by molar-refractivity contribution is 0.0662. The Morgan fingerprint density at radius 1 is 0.654 bits per heavy atom. The molecule has 0 aromatic carbocycles. The van der Waals surface area contributed by atoms with Gasteiger partial charge in [0.2, 0.25) is 0 Å². The first-order chi connectivity index (χ1) is 11.7. The van der Waals surface area contributed by atoms with Crippen LogP contribution in [0, 0.1) is 0 Å². The van der Waals surface area contributed by atoms with E-state index >= 15 is 0 Å². The van der Waals surface area contributed by atoms with E-state index in [2.05, 4.69) is 83.9 Å². The SMILES string of the molecule is CCO[Si](OCC)(OCC)C(CCN([Si](C)(C)C)[Si](C)(C)C)[Si](C)(C)C. The van der Waals surface area contributed by atoms with Crippen LogP contribution < -0.4 is 0 Å². The molecule has 26 heavy (non-hydrogen) atoms. The molecule has 0 fully saturated rings. The molecule has 0 amide bonds. The maximum absolute atomic E-state index is 6.34. The predicted octanol–water partition coefficient (Wildman–Crippen LogP) is 5.64.